The van der Waals surface area contributed by atoms with Crippen LogP contribution in [0.2, 0.25) is 5.02 Å². The standard InChI is InChI=1S/C16H20ClNO3/c1-11(10-19)13-8-14(17)15(9-16(13)21-12(2)20)18-6-4-3-5-7-18/h8-11H,3-7H2,1-2H3. The highest BCUT2D eigenvalue weighted by molar-refractivity contribution is 6.33. The lowest BCUT2D eigenvalue weighted by Gasteiger charge is -2.30. The molecule has 1 aliphatic rings. The maximum absolute atomic E-state index is 11.3. The lowest BCUT2D eigenvalue weighted by Crippen LogP contribution is -2.29. The van der Waals surface area contributed by atoms with Crippen LogP contribution < -0.4 is 9.64 Å². The highest BCUT2D eigenvalue weighted by Crippen LogP contribution is 2.37. The number of piperidine rings is 1. The second-order valence-corrected chi connectivity index (χ2v) is 5.81. The van der Waals surface area contributed by atoms with Gasteiger partial charge in [-0.15, -0.1) is 0 Å². The van der Waals surface area contributed by atoms with Crippen LogP contribution >= 0.6 is 11.6 Å². The topological polar surface area (TPSA) is 46.6 Å². The van der Waals surface area contributed by atoms with Gasteiger partial charge in [-0.3, -0.25) is 4.79 Å². The predicted octanol–water partition coefficient (Wildman–Crippen LogP) is 3.56. The molecule has 1 fully saturated rings. The van der Waals surface area contributed by atoms with Gasteiger partial charge in [-0.1, -0.05) is 18.5 Å². The van der Waals surface area contributed by atoms with Gasteiger partial charge < -0.3 is 14.4 Å². The molecule has 5 heteroatoms. The van der Waals surface area contributed by atoms with E-state index in [1.165, 1.54) is 13.3 Å². The first-order chi connectivity index (χ1) is 10.0. The summed E-state index contributed by atoms with van der Waals surface area (Å²) in [4.78, 5) is 24.5. The molecule has 0 N–H and O–H groups in total. The summed E-state index contributed by atoms with van der Waals surface area (Å²) in [6.45, 7) is 5.00. The number of aldehydes is 1. The van der Waals surface area contributed by atoms with Gasteiger partial charge >= 0.3 is 5.97 Å². The number of halogens is 1. The van der Waals surface area contributed by atoms with Crippen molar-refractivity contribution >= 4 is 29.5 Å². The van der Waals surface area contributed by atoms with Crippen molar-refractivity contribution in [2.24, 2.45) is 0 Å². The highest BCUT2D eigenvalue weighted by Gasteiger charge is 2.20. The maximum atomic E-state index is 11.3. The molecule has 0 aliphatic carbocycles. The molecule has 21 heavy (non-hydrogen) atoms. The minimum Gasteiger partial charge on any atom is -0.426 e. The molecule has 2 rings (SSSR count). The van der Waals surface area contributed by atoms with Crippen LogP contribution in [0.3, 0.4) is 0 Å². The predicted molar refractivity (Wildman–Crippen MR) is 83.3 cm³/mol. The molecule has 0 spiro atoms. The number of hydrogen-bond donors (Lipinski definition) is 0. The Morgan fingerprint density at radius 2 is 2.00 bits per heavy atom. The van der Waals surface area contributed by atoms with E-state index in [0.717, 1.165) is 37.9 Å². The molecule has 1 unspecified atom stereocenters. The van der Waals surface area contributed by atoms with Gasteiger partial charge in [-0.25, -0.2) is 0 Å². The van der Waals surface area contributed by atoms with Crippen molar-refractivity contribution in [1.82, 2.24) is 0 Å². The van der Waals surface area contributed by atoms with Gasteiger partial charge in [0, 0.05) is 37.6 Å². The number of anilines is 1. The Morgan fingerprint density at radius 3 is 2.57 bits per heavy atom. The summed E-state index contributed by atoms with van der Waals surface area (Å²) in [6.07, 6.45) is 4.31. The van der Waals surface area contributed by atoms with E-state index in [0.29, 0.717) is 16.3 Å². The second kappa shape index (κ2) is 6.94. The minimum absolute atomic E-state index is 0.368. The Kier molecular flexibility index (Phi) is 5.23. The van der Waals surface area contributed by atoms with E-state index < -0.39 is 5.97 Å². The summed E-state index contributed by atoms with van der Waals surface area (Å²) >= 11 is 6.37. The Morgan fingerprint density at radius 1 is 1.33 bits per heavy atom. The number of rotatable bonds is 4. The third-order valence-electron chi connectivity index (χ3n) is 3.72. The van der Waals surface area contributed by atoms with E-state index in [-0.39, 0.29) is 5.92 Å². The number of nitrogens with zero attached hydrogens (tertiary/aromatic N) is 1. The zero-order valence-electron chi connectivity index (χ0n) is 12.4. The third-order valence-corrected chi connectivity index (χ3v) is 4.03. The average Bonchev–Trinajstić information content (AvgIpc) is 2.48. The summed E-state index contributed by atoms with van der Waals surface area (Å²) in [6, 6.07) is 3.52. The minimum atomic E-state index is -0.402. The van der Waals surface area contributed by atoms with Gasteiger partial charge in [0.1, 0.15) is 12.0 Å². The first kappa shape index (κ1) is 15.8. The third kappa shape index (κ3) is 3.76. The van der Waals surface area contributed by atoms with E-state index in [9.17, 15) is 9.59 Å². The molecular formula is C16H20ClNO3. The molecule has 0 amide bonds. The molecule has 0 radical (unpaired) electrons. The van der Waals surface area contributed by atoms with Gasteiger partial charge in [0.25, 0.3) is 0 Å². The summed E-state index contributed by atoms with van der Waals surface area (Å²) in [5.74, 6) is -0.347. The molecule has 1 aromatic rings. The molecule has 1 saturated heterocycles. The molecular weight excluding hydrogens is 290 g/mol. The zero-order chi connectivity index (χ0) is 15.4. The van der Waals surface area contributed by atoms with Crippen molar-refractivity contribution in [3.63, 3.8) is 0 Å². The van der Waals surface area contributed by atoms with Gasteiger partial charge in [0.15, 0.2) is 0 Å². The summed E-state index contributed by atoms with van der Waals surface area (Å²) in [5, 5.41) is 0.594. The normalized spacial score (nSPS) is 16.4. The van der Waals surface area contributed by atoms with Crippen LogP contribution in [0.5, 0.6) is 5.75 Å². The number of esters is 1. The Balaban J connectivity index is 2.42. The monoisotopic (exact) mass is 309 g/mol. The smallest absolute Gasteiger partial charge is 0.308 e. The molecule has 1 aromatic carbocycles. The summed E-state index contributed by atoms with van der Waals surface area (Å²) in [5.41, 5.74) is 1.51. The number of ether oxygens (including phenoxy) is 1. The molecule has 0 aromatic heterocycles. The van der Waals surface area contributed by atoms with Crippen LogP contribution in [-0.2, 0) is 9.59 Å². The average molecular weight is 310 g/mol. The highest BCUT2D eigenvalue weighted by atomic mass is 35.5. The second-order valence-electron chi connectivity index (χ2n) is 5.41. The quantitative estimate of drug-likeness (QED) is 0.485. The van der Waals surface area contributed by atoms with E-state index >= 15 is 0 Å². The summed E-state index contributed by atoms with van der Waals surface area (Å²) in [7, 11) is 0. The van der Waals surface area contributed by atoms with Crippen LogP contribution in [0, 0.1) is 0 Å². The van der Waals surface area contributed by atoms with Crippen molar-refractivity contribution in [2.75, 3.05) is 18.0 Å². The fraction of sp³-hybridized carbons (Fsp3) is 0.500. The van der Waals surface area contributed by atoms with Crippen molar-refractivity contribution < 1.29 is 14.3 Å². The molecule has 114 valence electrons. The van der Waals surface area contributed by atoms with Gasteiger partial charge in [0.05, 0.1) is 10.7 Å². The van der Waals surface area contributed by atoms with E-state index in [2.05, 4.69) is 4.90 Å². The summed E-state index contributed by atoms with van der Waals surface area (Å²) < 4.78 is 5.27. The first-order valence-corrected chi connectivity index (χ1v) is 7.63. The largest absolute Gasteiger partial charge is 0.426 e. The van der Waals surface area contributed by atoms with E-state index in [1.807, 2.05) is 0 Å². The van der Waals surface area contributed by atoms with Gasteiger partial charge in [-0.05, 0) is 25.3 Å². The zero-order valence-corrected chi connectivity index (χ0v) is 13.2. The maximum Gasteiger partial charge on any atom is 0.308 e. The van der Waals surface area contributed by atoms with Crippen molar-refractivity contribution in [3.05, 3.63) is 22.7 Å². The molecule has 1 aliphatic heterocycles. The Bertz CT molecular complexity index is 539. The fourth-order valence-electron chi connectivity index (χ4n) is 2.61. The molecule has 4 nitrogen and oxygen atoms in total. The molecule has 0 bridgehead atoms. The van der Waals surface area contributed by atoms with Crippen LogP contribution in [0.1, 0.15) is 44.6 Å². The lowest BCUT2D eigenvalue weighted by atomic mass is 10.00. The number of hydrogen-bond acceptors (Lipinski definition) is 4. The number of carbonyl (C=O) groups is 2. The van der Waals surface area contributed by atoms with E-state index in [4.69, 9.17) is 16.3 Å². The number of benzene rings is 1. The van der Waals surface area contributed by atoms with Crippen LogP contribution in [0.4, 0.5) is 5.69 Å². The molecule has 0 saturated carbocycles. The van der Waals surface area contributed by atoms with Gasteiger partial charge in [0.2, 0.25) is 0 Å². The molecule has 1 heterocycles. The van der Waals surface area contributed by atoms with Crippen molar-refractivity contribution in [3.8, 4) is 5.75 Å². The first-order valence-electron chi connectivity index (χ1n) is 7.25. The SMILES string of the molecule is CC(=O)Oc1cc(N2CCCCC2)c(Cl)cc1C(C)C=O. The lowest BCUT2D eigenvalue weighted by molar-refractivity contribution is -0.132. The Hall–Kier alpha value is -1.55. The fourth-order valence-corrected chi connectivity index (χ4v) is 2.90. The van der Waals surface area contributed by atoms with Crippen molar-refractivity contribution in [2.45, 2.75) is 39.0 Å². The number of carbonyl (C=O) groups excluding carboxylic acids is 2. The van der Waals surface area contributed by atoms with Crippen LogP contribution in [0.15, 0.2) is 12.1 Å². The van der Waals surface area contributed by atoms with Gasteiger partial charge in [-0.2, -0.15) is 0 Å². The Labute approximate surface area is 130 Å². The van der Waals surface area contributed by atoms with Crippen LogP contribution in [-0.4, -0.2) is 25.3 Å². The van der Waals surface area contributed by atoms with E-state index in [1.54, 1.807) is 19.1 Å². The molecule has 1 atom stereocenters. The van der Waals surface area contributed by atoms with Crippen LogP contribution in [0.25, 0.3) is 0 Å². The van der Waals surface area contributed by atoms with Crippen molar-refractivity contribution in [1.29, 1.82) is 0 Å².